The van der Waals surface area contributed by atoms with Crippen LogP contribution in [0.25, 0.3) is 0 Å². The summed E-state index contributed by atoms with van der Waals surface area (Å²) >= 11 is 1.61. The second kappa shape index (κ2) is 6.36. The molecule has 1 aliphatic heterocycles. The average Bonchev–Trinajstić information content (AvgIpc) is 3.25. The summed E-state index contributed by atoms with van der Waals surface area (Å²) in [4.78, 5) is 16.6. The molecule has 0 radical (unpaired) electrons. The summed E-state index contributed by atoms with van der Waals surface area (Å²) in [5, 5.41) is 12.9. The maximum Gasteiger partial charge on any atom is 0.254 e. The molecule has 0 saturated carbocycles. The summed E-state index contributed by atoms with van der Waals surface area (Å²) in [6, 6.07) is 0. The number of rotatable bonds is 5. The van der Waals surface area contributed by atoms with E-state index in [1.807, 2.05) is 5.38 Å². The Labute approximate surface area is 126 Å². The first-order chi connectivity index (χ1) is 10.3. The average molecular weight is 306 g/mol. The first-order valence-electron chi connectivity index (χ1n) is 7.04. The number of H-pyrrole nitrogens is 1. The van der Waals surface area contributed by atoms with Crippen LogP contribution in [0.2, 0.25) is 0 Å². The zero-order valence-electron chi connectivity index (χ0n) is 11.8. The molecule has 2 aromatic rings. The normalized spacial score (nSPS) is 19.6. The van der Waals surface area contributed by atoms with Gasteiger partial charge >= 0.3 is 0 Å². The molecule has 21 heavy (non-hydrogen) atoms. The van der Waals surface area contributed by atoms with Crippen molar-refractivity contribution in [3.05, 3.63) is 34.0 Å². The van der Waals surface area contributed by atoms with E-state index in [9.17, 15) is 4.79 Å². The fourth-order valence-electron chi connectivity index (χ4n) is 2.46. The molecule has 0 aliphatic carbocycles. The van der Waals surface area contributed by atoms with Crippen molar-refractivity contribution in [1.82, 2.24) is 20.5 Å². The van der Waals surface area contributed by atoms with Crippen molar-refractivity contribution in [3.63, 3.8) is 0 Å². The lowest BCUT2D eigenvalue weighted by molar-refractivity contribution is 0.0950. The predicted molar refractivity (Wildman–Crippen MR) is 79.6 cm³/mol. The van der Waals surface area contributed by atoms with E-state index >= 15 is 0 Å². The molecule has 0 bridgehead atoms. The number of aromatic amines is 1. The molecule has 1 fully saturated rings. The van der Waals surface area contributed by atoms with E-state index in [0.717, 1.165) is 23.7 Å². The monoisotopic (exact) mass is 306 g/mol. The van der Waals surface area contributed by atoms with Crippen LogP contribution in [0.5, 0.6) is 0 Å². The number of thiazole rings is 1. The van der Waals surface area contributed by atoms with Gasteiger partial charge in [0.15, 0.2) is 0 Å². The number of hydrogen-bond acceptors (Lipinski definition) is 5. The van der Waals surface area contributed by atoms with E-state index in [1.165, 1.54) is 0 Å². The molecule has 3 heterocycles. The number of ether oxygens (including phenoxy) is 1. The smallest absolute Gasteiger partial charge is 0.254 e. The van der Waals surface area contributed by atoms with Crippen molar-refractivity contribution < 1.29 is 9.53 Å². The topological polar surface area (TPSA) is 79.9 Å². The molecular weight excluding hydrogens is 288 g/mol. The standard InChI is InChI=1S/C14H18N4O2S/c1-9(14-15-3-5-21-14)6-16-13(19)11-7-17-18-12(11)10-2-4-20-8-10/h3,5,7,9-10H,2,4,6,8H2,1H3,(H,16,19)(H,17,18)/t9-,10-/m0/s1. The van der Waals surface area contributed by atoms with E-state index in [1.54, 1.807) is 23.7 Å². The molecule has 7 heteroatoms. The van der Waals surface area contributed by atoms with Crippen molar-refractivity contribution in [2.24, 2.45) is 0 Å². The minimum Gasteiger partial charge on any atom is -0.381 e. The minimum absolute atomic E-state index is 0.0888. The first-order valence-corrected chi connectivity index (χ1v) is 7.92. The van der Waals surface area contributed by atoms with E-state index < -0.39 is 0 Å². The third kappa shape index (κ3) is 3.14. The molecular formula is C14H18N4O2S. The third-order valence-electron chi connectivity index (χ3n) is 3.69. The number of nitrogens with one attached hydrogen (secondary N) is 2. The largest absolute Gasteiger partial charge is 0.381 e. The van der Waals surface area contributed by atoms with Crippen molar-refractivity contribution >= 4 is 17.2 Å². The molecule has 0 spiro atoms. The lowest BCUT2D eigenvalue weighted by atomic mass is 10.0. The van der Waals surface area contributed by atoms with Crippen molar-refractivity contribution in [2.75, 3.05) is 19.8 Å². The lowest BCUT2D eigenvalue weighted by Gasteiger charge is -2.11. The highest BCUT2D eigenvalue weighted by atomic mass is 32.1. The maximum absolute atomic E-state index is 12.3. The molecule has 1 aliphatic rings. The SMILES string of the molecule is C[C@@H](CNC(=O)c1cn[nH]c1[C@H]1CCOC1)c1nccs1. The van der Waals surface area contributed by atoms with Crippen LogP contribution in [0.1, 0.15) is 46.2 Å². The maximum atomic E-state index is 12.3. The van der Waals surface area contributed by atoms with Gasteiger partial charge in [-0.3, -0.25) is 9.89 Å². The fraction of sp³-hybridized carbons (Fsp3) is 0.500. The molecule has 1 amide bonds. The lowest BCUT2D eigenvalue weighted by Crippen LogP contribution is -2.28. The number of hydrogen-bond donors (Lipinski definition) is 2. The van der Waals surface area contributed by atoms with Crippen LogP contribution in [0.15, 0.2) is 17.8 Å². The van der Waals surface area contributed by atoms with Crippen LogP contribution >= 0.6 is 11.3 Å². The Morgan fingerprint density at radius 2 is 2.57 bits per heavy atom. The van der Waals surface area contributed by atoms with Gasteiger partial charge in [0, 0.05) is 36.6 Å². The minimum atomic E-state index is -0.0888. The summed E-state index contributed by atoms with van der Waals surface area (Å²) in [5.74, 6) is 0.359. The Hall–Kier alpha value is -1.73. The molecule has 0 aromatic carbocycles. The molecule has 0 unspecified atom stereocenters. The number of carbonyl (C=O) groups is 1. The Balaban J connectivity index is 1.62. The number of carbonyl (C=O) groups excluding carboxylic acids is 1. The second-order valence-electron chi connectivity index (χ2n) is 5.24. The van der Waals surface area contributed by atoms with Crippen molar-refractivity contribution in [3.8, 4) is 0 Å². The highest BCUT2D eigenvalue weighted by Gasteiger charge is 2.25. The van der Waals surface area contributed by atoms with E-state index in [-0.39, 0.29) is 17.7 Å². The molecule has 112 valence electrons. The Morgan fingerprint density at radius 3 is 3.29 bits per heavy atom. The van der Waals surface area contributed by atoms with Gasteiger partial charge in [-0.15, -0.1) is 11.3 Å². The van der Waals surface area contributed by atoms with Gasteiger partial charge in [0.2, 0.25) is 0 Å². The summed E-state index contributed by atoms with van der Waals surface area (Å²) in [6.07, 6.45) is 4.31. The molecule has 1 saturated heterocycles. The Kier molecular flexibility index (Phi) is 4.31. The van der Waals surface area contributed by atoms with Crippen molar-refractivity contribution in [2.45, 2.75) is 25.2 Å². The molecule has 2 aromatic heterocycles. The van der Waals surface area contributed by atoms with Crippen LogP contribution in [0, 0.1) is 0 Å². The van der Waals surface area contributed by atoms with E-state index in [2.05, 4.69) is 27.4 Å². The predicted octanol–water partition coefficient (Wildman–Crippen LogP) is 1.90. The van der Waals surface area contributed by atoms with Gasteiger partial charge in [-0.2, -0.15) is 5.10 Å². The summed E-state index contributed by atoms with van der Waals surface area (Å²) in [7, 11) is 0. The van der Waals surface area contributed by atoms with Crippen LogP contribution in [0.4, 0.5) is 0 Å². The zero-order valence-corrected chi connectivity index (χ0v) is 12.7. The molecule has 6 nitrogen and oxygen atoms in total. The highest BCUT2D eigenvalue weighted by molar-refractivity contribution is 7.09. The zero-order chi connectivity index (χ0) is 14.7. The summed E-state index contributed by atoms with van der Waals surface area (Å²) in [6.45, 7) is 4.02. The van der Waals surface area contributed by atoms with Gasteiger partial charge in [-0.25, -0.2) is 4.98 Å². The number of amides is 1. The van der Waals surface area contributed by atoms with Crippen molar-refractivity contribution in [1.29, 1.82) is 0 Å². The fourth-order valence-corrected chi connectivity index (χ4v) is 3.16. The molecule has 3 rings (SSSR count). The Bertz CT molecular complexity index is 590. The van der Waals surface area contributed by atoms with Gasteiger partial charge in [0.05, 0.1) is 29.1 Å². The van der Waals surface area contributed by atoms with Crippen LogP contribution < -0.4 is 5.32 Å². The van der Waals surface area contributed by atoms with Crippen LogP contribution in [0.3, 0.4) is 0 Å². The quantitative estimate of drug-likeness (QED) is 0.884. The van der Waals surface area contributed by atoms with Gasteiger partial charge in [-0.1, -0.05) is 6.92 Å². The molecule has 2 N–H and O–H groups in total. The Morgan fingerprint density at radius 1 is 1.67 bits per heavy atom. The highest BCUT2D eigenvalue weighted by Crippen LogP contribution is 2.26. The van der Waals surface area contributed by atoms with Gasteiger partial charge in [0.25, 0.3) is 5.91 Å². The molecule has 2 atom stereocenters. The summed E-state index contributed by atoms with van der Waals surface area (Å²) in [5.41, 5.74) is 1.50. The van der Waals surface area contributed by atoms with Gasteiger partial charge < -0.3 is 10.1 Å². The van der Waals surface area contributed by atoms with Gasteiger partial charge in [0.1, 0.15) is 0 Å². The van der Waals surface area contributed by atoms with Gasteiger partial charge in [-0.05, 0) is 6.42 Å². The number of aromatic nitrogens is 3. The summed E-state index contributed by atoms with van der Waals surface area (Å²) < 4.78 is 5.38. The number of nitrogens with zero attached hydrogens (tertiary/aromatic N) is 2. The van der Waals surface area contributed by atoms with E-state index in [4.69, 9.17) is 4.74 Å². The first kappa shape index (κ1) is 14.2. The van der Waals surface area contributed by atoms with Crippen LogP contribution in [-0.2, 0) is 4.74 Å². The van der Waals surface area contributed by atoms with Crippen LogP contribution in [-0.4, -0.2) is 40.8 Å². The third-order valence-corrected chi connectivity index (χ3v) is 4.70. The van der Waals surface area contributed by atoms with E-state index in [0.29, 0.717) is 18.7 Å². The second-order valence-corrected chi connectivity index (χ2v) is 6.17.